The van der Waals surface area contributed by atoms with E-state index in [1.165, 1.54) is 51.4 Å². The molecule has 0 aromatic heterocycles. The van der Waals surface area contributed by atoms with E-state index < -0.39 is 11.9 Å². The number of aliphatic carboxylic acids is 2. The van der Waals surface area contributed by atoms with Gasteiger partial charge in [0.25, 0.3) is 0 Å². The van der Waals surface area contributed by atoms with Crippen molar-refractivity contribution in [1.29, 1.82) is 0 Å². The van der Waals surface area contributed by atoms with E-state index in [0.29, 0.717) is 12.8 Å². The Labute approximate surface area is 151 Å². The summed E-state index contributed by atoms with van der Waals surface area (Å²) in [5.41, 5.74) is 0. The summed E-state index contributed by atoms with van der Waals surface area (Å²) < 4.78 is 0. The smallest absolute Gasteiger partial charge is 0.303 e. The van der Waals surface area contributed by atoms with Crippen LogP contribution in [0.1, 0.15) is 119 Å². The highest BCUT2D eigenvalue weighted by molar-refractivity contribution is 5.66. The summed E-state index contributed by atoms with van der Waals surface area (Å²) in [7, 11) is 0. The molecule has 0 spiro atoms. The van der Waals surface area contributed by atoms with Gasteiger partial charge in [-0.05, 0) is 12.8 Å². The summed E-state index contributed by atoms with van der Waals surface area (Å²) in [5.74, 6) is -1.33. The molecule has 0 heterocycles. The first-order chi connectivity index (χ1) is 10.5. The second kappa shape index (κ2) is 26.8. The maximum absolute atomic E-state index is 10.1. The lowest BCUT2D eigenvalue weighted by Crippen LogP contribution is -1.93. The van der Waals surface area contributed by atoms with Gasteiger partial charge in [0.05, 0.1) is 0 Å². The zero-order valence-electron chi connectivity index (χ0n) is 14.6. The largest absolute Gasteiger partial charge is 0.481 e. The molecule has 0 aliphatic heterocycles. The van der Waals surface area contributed by atoms with Gasteiger partial charge in [0.15, 0.2) is 0 Å². The van der Waals surface area contributed by atoms with E-state index in [9.17, 15) is 9.59 Å². The molecular weight excluding hydrogens is 304 g/mol. The van der Waals surface area contributed by atoms with E-state index in [2.05, 4.69) is 13.8 Å². The highest BCUT2D eigenvalue weighted by atomic mass is 16.4. The Bertz CT molecular complexity index is 226. The fourth-order valence-corrected chi connectivity index (χ4v) is 2.11. The minimum Gasteiger partial charge on any atom is -0.481 e. The Balaban J connectivity index is -0.000000154. The molecule has 0 aliphatic rings. The van der Waals surface area contributed by atoms with Crippen molar-refractivity contribution in [3.8, 4) is 0 Å². The van der Waals surface area contributed by atoms with Gasteiger partial charge in [-0.1, -0.05) is 92.9 Å². The van der Waals surface area contributed by atoms with Gasteiger partial charge in [0.2, 0.25) is 0 Å². The SMILES string of the molecule is C.C.CCCCCCCCC(=O)O.CCCCCCCCC(=O)O. The third-order valence-electron chi connectivity index (χ3n) is 3.49. The van der Waals surface area contributed by atoms with Gasteiger partial charge in [-0.25, -0.2) is 0 Å². The predicted octanol–water partition coefficient (Wildman–Crippen LogP) is 6.92. The van der Waals surface area contributed by atoms with E-state index in [0.717, 1.165) is 25.7 Å². The van der Waals surface area contributed by atoms with E-state index >= 15 is 0 Å². The number of hydrogen-bond donors (Lipinski definition) is 2. The van der Waals surface area contributed by atoms with E-state index in [4.69, 9.17) is 10.2 Å². The van der Waals surface area contributed by atoms with E-state index in [1.807, 2.05) is 0 Å². The predicted molar refractivity (Wildman–Crippen MR) is 105 cm³/mol. The molecule has 0 atom stereocenters. The number of rotatable bonds is 14. The van der Waals surface area contributed by atoms with E-state index in [-0.39, 0.29) is 14.9 Å². The Hall–Kier alpha value is -1.06. The zero-order chi connectivity index (χ0) is 17.1. The van der Waals surface area contributed by atoms with Crippen molar-refractivity contribution in [1.82, 2.24) is 0 Å². The summed E-state index contributed by atoms with van der Waals surface area (Å²) in [6.45, 7) is 4.36. The number of carboxylic acid groups (broad SMARTS) is 2. The molecule has 0 aliphatic carbocycles. The second-order valence-electron chi connectivity index (χ2n) is 5.82. The van der Waals surface area contributed by atoms with Crippen molar-refractivity contribution in [2.24, 2.45) is 0 Å². The number of hydrogen-bond acceptors (Lipinski definition) is 2. The van der Waals surface area contributed by atoms with Crippen LogP contribution in [-0.2, 0) is 9.59 Å². The molecule has 2 N–H and O–H groups in total. The standard InChI is InChI=1S/2C9H18O2.2CH4/c2*1-2-3-4-5-6-7-8-9(10)11;;/h2*2-8H2,1H3,(H,10,11);2*1H4. The minimum absolute atomic E-state index is 0. The lowest BCUT2D eigenvalue weighted by Gasteiger charge is -1.97. The maximum Gasteiger partial charge on any atom is 0.303 e. The second-order valence-corrected chi connectivity index (χ2v) is 5.82. The van der Waals surface area contributed by atoms with Gasteiger partial charge in [0.1, 0.15) is 0 Å². The van der Waals surface area contributed by atoms with Crippen LogP contribution in [0.4, 0.5) is 0 Å². The highest BCUT2D eigenvalue weighted by Crippen LogP contribution is 2.07. The van der Waals surface area contributed by atoms with E-state index in [1.54, 1.807) is 0 Å². The van der Waals surface area contributed by atoms with Crippen LogP contribution in [-0.4, -0.2) is 22.2 Å². The summed E-state index contributed by atoms with van der Waals surface area (Å²) in [6.07, 6.45) is 14.5. The zero-order valence-corrected chi connectivity index (χ0v) is 14.6. The number of unbranched alkanes of at least 4 members (excludes halogenated alkanes) is 10. The van der Waals surface area contributed by atoms with Crippen molar-refractivity contribution in [3.63, 3.8) is 0 Å². The third-order valence-corrected chi connectivity index (χ3v) is 3.49. The number of carbonyl (C=O) groups is 2. The molecule has 24 heavy (non-hydrogen) atoms. The molecule has 4 heteroatoms. The Morgan fingerprint density at radius 1 is 0.542 bits per heavy atom. The van der Waals surface area contributed by atoms with Gasteiger partial charge in [0, 0.05) is 12.8 Å². The highest BCUT2D eigenvalue weighted by Gasteiger charge is 1.96. The molecule has 0 amide bonds. The van der Waals surface area contributed by atoms with Crippen LogP contribution < -0.4 is 0 Å². The van der Waals surface area contributed by atoms with Crippen LogP contribution in [0.2, 0.25) is 0 Å². The molecule has 0 bridgehead atoms. The van der Waals surface area contributed by atoms with Crippen LogP contribution in [0, 0.1) is 0 Å². The van der Waals surface area contributed by atoms with Gasteiger partial charge < -0.3 is 10.2 Å². The maximum atomic E-state index is 10.1. The topological polar surface area (TPSA) is 74.6 Å². The van der Waals surface area contributed by atoms with Gasteiger partial charge in [-0.15, -0.1) is 0 Å². The Morgan fingerprint density at radius 2 is 0.792 bits per heavy atom. The molecule has 0 saturated heterocycles. The average molecular weight is 349 g/mol. The molecule has 0 aromatic carbocycles. The molecule has 0 rings (SSSR count). The van der Waals surface area contributed by atoms with Crippen LogP contribution in [0.3, 0.4) is 0 Å². The first-order valence-corrected chi connectivity index (χ1v) is 8.98. The van der Waals surface area contributed by atoms with Crippen LogP contribution >= 0.6 is 0 Å². The average Bonchev–Trinajstić information content (AvgIpc) is 2.46. The van der Waals surface area contributed by atoms with Crippen molar-refractivity contribution >= 4 is 11.9 Å². The Morgan fingerprint density at radius 3 is 1.04 bits per heavy atom. The fourth-order valence-electron chi connectivity index (χ4n) is 2.11. The molecule has 0 unspecified atom stereocenters. The van der Waals surface area contributed by atoms with Gasteiger partial charge in [-0.3, -0.25) is 9.59 Å². The summed E-state index contributed by atoms with van der Waals surface area (Å²) in [6, 6.07) is 0. The summed E-state index contributed by atoms with van der Waals surface area (Å²) in [5, 5.41) is 16.6. The molecule has 0 fully saturated rings. The van der Waals surface area contributed by atoms with Crippen molar-refractivity contribution < 1.29 is 19.8 Å². The van der Waals surface area contributed by atoms with Crippen LogP contribution in [0.5, 0.6) is 0 Å². The molecule has 0 radical (unpaired) electrons. The van der Waals surface area contributed by atoms with Crippen molar-refractivity contribution in [2.75, 3.05) is 0 Å². The minimum atomic E-state index is -0.666. The molecule has 0 aromatic rings. The molecular formula is C20H44O4. The normalized spacial score (nSPS) is 9.08. The van der Waals surface area contributed by atoms with Gasteiger partial charge >= 0.3 is 11.9 Å². The van der Waals surface area contributed by atoms with Crippen LogP contribution in [0.15, 0.2) is 0 Å². The molecule has 4 nitrogen and oxygen atoms in total. The quantitative estimate of drug-likeness (QED) is 0.334. The monoisotopic (exact) mass is 348 g/mol. The molecule has 148 valence electrons. The fraction of sp³-hybridized carbons (Fsp3) is 0.900. The number of carboxylic acids is 2. The lowest BCUT2D eigenvalue weighted by atomic mass is 10.1. The van der Waals surface area contributed by atoms with Gasteiger partial charge in [-0.2, -0.15) is 0 Å². The third kappa shape index (κ3) is 37.3. The first-order valence-electron chi connectivity index (χ1n) is 8.98. The molecule has 0 saturated carbocycles. The summed E-state index contributed by atoms with van der Waals surface area (Å²) in [4.78, 5) is 20.2. The van der Waals surface area contributed by atoms with Crippen LogP contribution in [0.25, 0.3) is 0 Å². The Kier molecular flexibility index (Phi) is 34.4. The lowest BCUT2D eigenvalue weighted by molar-refractivity contribution is -0.138. The van der Waals surface area contributed by atoms with Crippen molar-refractivity contribution in [2.45, 2.75) is 119 Å². The first kappa shape index (κ1) is 30.8. The van der Waals surface area contributed by atoms with Crippen molar-refractivity contribution in [3.05, 3.63) is 0 Å². The summed E-state index contributed by atoms with van der Waals surface area (Å²) >= 11 is 0.